The van der Waals surface area contributed by atoms with Crippen LogP contribution in [0.25, 0.3) is 11.3 Å². The summed E-state index contributed by atoms with van der Waals surface area (Å²) in [6, 6.07) is 5.73. The molecule has 1 aliphatic rings. The molecule has 0 saturated heterocycles. The summed E-state index contributed by atoms with van der Waals surface area (Å²) in [6.07, 6.45) is 0.862. The van der Waals surface area contributed by atoms with Gasteiger partial charge in [-0.05, 0) is 18.6 Å². The van der Waals surface area contributed by atoms with Crippen LogP contribution in [0.4, 0.5) is 5.82 Å². The number of aromatic amines is 1. The van der Waals surface area contributed by atoms with Crippen molar-refractivity contribution >= 4 is 5.82 Å². The molecule has 0 fully saturated rings. The molecular formula is C12H13N3O2. The number of benzene rings is 1. The zero-order valence-corrected chi connectivity index (χ0v) is 9.49. The van der Waals surface area contributed by atoms with Crippen LogP contribution in [0.1, 0.15) is 12.5 Å². The molecule has 5 nitrogen and oxygen atoms in total. The Bertz CT molecular complexity index is 563. The fraction of sp³-hybridized carbons (Fsp3) is 0.250. The van der Waals surface area contributed by atoms with Crippen molar-refractivity contribution in [3.8, 4) is 22.8 Å². The fourth-order valence-electron chi connectivity index (χ4n) is 2.11. The number of ether oxygens (including phenoxy) is 2. The molecule has 17 heavy (non-hydrogen) atoms. The average molecular weight is 231 g/mol. The number of nitrogens with one attached hydrogen (secondary N) is 1. The Hall–Kier alpha value is -2.17. The monoisotopic (exact) mass is 231 g/mol. The van der Waals surface area contributed by atoms with Crippen molar-refractivity contribution in [2.24, 2.45) is 0 Å². The van der Waals surface area contributed by atoms with Crippen LogP contribution in [0.15, 0.2) is 18.2 Å². The number of rotatable bonds is 2. The van der Waals surface area contributed by atoms with Crippen molar-refractivity contribution in [1.29, 1.82) is 0 Å². The van der Waals surface area contributed by atoms with Gasteiger partial charge in [-0.1, -0.05) is 6.92 Å². The van der Waals surface area contributed by atoms with Gasteiger partial charge in [-0.25, -0.2) is 0 Å². The van der Waals surface area contributed by atoms with Gasteiger partial charge in [0.25, 0.3) is 0 Å². The molecular weight excluding hydrogens is 218 g/mol. The zero-order chi connectivity index (χ0) is 11.8. The normalized spacial score (nSPS) is 13.0. The Labute approximate surface area is 98.5 Å². The van der Waals surface area contributed by atoms with Crippen LogP contribution in [0.2, 0.25) is 0 Å². The molecule has 1 aromatic carbocycles. The molecule has 2 heterocycles. The number of nitrogens with two attached hydrogens (primary N) is 1. The Morgan fingerprint density at radius 2 is 2.29 bits per heavy atom. The molecule has 5 heteroatoms. The lowest BCUT2D eigenvalue weighted by Gasteiger charge is -2.08. The van der Waals surface area contributed by atoms with Crippen LogP contribution < -0.4 is 15.2 Å². The van der Waals surface area contributed by atoms with E-state index in [0.29, 0.717) is 5.82 Å². The molecule has 0 spiro atoms. The van der Waals surface area contributed by atoms with Crippen molar-refractivity contribution in [3.05, 3.63) is 23.8 Å². The van der Waals surface area contributed by atoms with E-state index in [0.717, 1.165) is 34.7 Å². The maximum absolute atomic E-state index is 5.62. The highest BCUT2D eigenvalue weighted by Gasteiger charge is 2.20. The Kier molecular flexibility index (Phi) is 2.18. The third-order valence-corrected chi connectivity index (χ3v) is 2.88. The molecule has 1 aromatic heterocycles. The molecule has 0 saturated carbocycles. The van der Waals surface area contributed by atoms with Gasteiger partial charge in [-0.3, -0.25) is 5.10 Å². The number of fused-ring (bicyclic) bond motifs is 1. The van der Waals surface area contributed by atoms with Crippen LogP contribution in [0, 0.1) is 0 Å². The maximum atomic E-state index is 5.62. The summed E-state index contributed by atoms with van der Waals surface area (Å²) in [5, 5.41) is 6.86. The van der Waals surface area contributed by atoms with Gasteiger partial charge < -0.3 is 15.2 Å². The number of H-pyrrole nitrogens is 1. The predicted molar refractivity (Wildman–Crippen MR) is 63.9 cm³/mol. The number of anilines is 1. The fourth-order valence-corrected chi connectivity index (χ4v) is 2.11. The minimum absolute atomic E-state index is 0.289. The van der Waals surface area contributed by atoms with E-state index in [1.807, 2.05) is 18.2 Å². The highest BCUT2D eigenvalue weighted by Crippen LogP contribution is 2.41. The molecule has 3 rings (SSSR count). The van der Waals surface area contributed by atoms with Crippen LogP contribution in [0.3, 0.4) is 0 Å². The molecule has 0 unspecified atom stereocenters. The summed E-state index contributed by atoms with van der Waals surface area (Å²) in [5.74, 6) is 2.12. The minimum Gasteiger partial charge on any atom is -0.454 e. The van der Waals surface area contributed by atoms with Gasteiger partial charge in [0, 0.05) is 17.2 Å². The standard InChI is InChI=1S/C12H13N3O2/c1-2-7-8(9-5-11(13)15-14-9)3-4-10-12(7)17-6-16-10/h3-5H,2,6H2,1H3,(H3,13,14,15). The third-order valence-electron chi connectivity index (χ3n) is 2.88. The van der Waals surface area contributed by atoms with E-state index in [-0.39, 0.29) is 6.79 Å². The predicted octanol–water partition coefficient (Wildman–Crippen LogP) is 1.95. The van der Waals surface area contributed by atoms with Gasteiger partial charge in [0.15, 0.2) is 11.5 Å². The molecule has 1 aliphatic heterocycles. The van der Waals surface area contributed by atoms with Gasteiger partial charge in [-0.2, -0.15) is 5.10 Å². The van der Waals surface area contributed by atoms with Crippen LogP contribution in [-0.2, 0) is 6.42 Å². The second kappa shape index (κ2) is 3.69. The lowest BCUT2D eigenvalue weighted by atomic mass is 10.0. The number of hydrogen-bond donors (Lipinski definition) is 2. The summed E-state index contributed by atoms with van der Waals surface area (Å²) < 4.78 is 10.9. The quantitative estimate of drug-likeness (QED) is 0.828. The first kappa shape index (κ1) is 10.0. The first-order chi connectivity index (χ1) is 8.29. The number of hydrogen-bond acceptors (Lipinski definition) is 4. The highest BCUT2D eigenvalue weighted by atomic mass is 16.7. The Morgan fingerprint density at radius 3 is 3.00 bits per heavy atom. The summed E-state index contributed by atoms with van der Waals surface area (Å²) >= 11 is 0. The van der Waals surface area contributed by atoms with E-state index in [1.165, 1.54) is 0 Å². The van der Waals surface area contributed by atoms with Crippen LogP contribution >= 0.6 is 0 Å². The van der Waals surface area contributed by atoms with E-state index < -0.39 is 0 Å². The molecule has 2 aromatic rings. The molecule has 0 aliphatic carbocycles. The summed E-state index contributed by atoms with van der Waals surface area (Å²) in [6.45, 7) is 2.37. The van der Waals surface area contributed by atoms with Gasteiger partial charge in [0.1, 0.15) is 5.82 Å². The summed E-state index contributed by atoms with van der Waals surface area (Å²) in [5.41, 5.74) is 8.69. The largest absolute Gasteiger partial charge is 0.454 e. The van der Waals surface area contributed by atoms with Crippen molar-refractivity contribution < 1.29 is 9.47 Å². The Balaban J connectivity index is 2.17. The van der Waals surface area contributed by atoms with Crippen molar-refractivity contribution in [3.63, 3.8) is 0 Å². The van der Waals surface area contributed by atoms with Gasteiger partial charge in [0.2, 0.25) is 6.79 Å². The second-order valence-electron chi connectivity index (χ2n) is 3.89. The SMILES string of the molecule is CCc1c(-c2cc(N)n[nH]2)ccc2c1OCO2. The summed E-state index contributed by atoms with van der Waals surface area (Å²) in [4.78, 5) is 0. The minimum atomic E-state index is 0.289. The first-order valence-electron chi connectivity index (χ1n) is 5.52. The van der Waals surface area contributed by atoms with Crippen LogP contribution in [-0.4, -0.2) is 17.0 Å². The molecule has 3 N–H and O–H groups in total. The van der Waals surface area contributed by atoms with E-state index in [4.69, 9.17) is 15.2 Å². The van der Waals surface area contributed by atoms with Gasteiger partial charge >= 0.3 is 0 Å². The van der Waals surface area contributed by atoms with Crippen molar-refractivity contribution in [1.82, 2.24) is 10.2 Å². The van der Waals surface area contributed by atoms with Gasteiger partial charge in [0.05, 0.1) is 5.69 Å². The second-order valence-corrected chi connectivity index (χ2v) is 3.89. The highest BCUT2D eigenvalue weighted by molar-refractivity contribution is 5.71. The maximum Gasteiger partial charge on any atom is 0.231 e. The number of aromatic nitrogens is 2. The van der Waals surface area contributed by atoms with E-state index in [2.05, 4.69) is 17.1 Å². The van der Waals surface area contributed by atoms with E-state index in [9.17, 15) is 0 Å². The molecule has 0 amide bonds. The lowest BCUT2D eigenvalue weighted by molar-refractivity contribution is 0.173. The van der Waals surface area contributed by atoms with Gasteiger partial charge in [-0.15, -0.1) is 0 Å². The molecule has 88 valence electrons. The summed E-state index contributed by atoms with van der Waals surface area (Å²) in [7, 11) is 0. The smallest absolute Gasteiger partial charge is 0.231 e. The number of nitrogen functional groups attached to an aromatic ring is 1. The topological polar surface area (TPSA) is 73.2 Å². The lowest BCUT2D eigenvalue weighted by Crippen LogP contribution is -1.95. The third kappa shape index (κ3) is 1.51. The first-order valence-corrected chi connectivity index (χ1v) is 5.52. The van der Waals surface area contributed by atoms with Crippen molar-refractivity contribution in [2.45, 2.75) is 13.3 Å². The van der Waals surface area contributed by atoms with E-state index >= 15 is 0 Å². The number of nitrogens with zero attached hydrogens (tertiary/aromatic N) is 1. The van der Waals surface area contributed by atoms with Crippen molar-refractivity contribution in [2.75, 3.05) is 12.5 Å². The molecule has 0 radical (unpaired) electrons. The Morgan fingerprint density at radius 1 is 1.41 bits per heavy atom. The van der Waals surface area contributed by atoms with E-state index in [1.54, 1.807) is 0 Å². The molecule has 0 atom stereocenters. The molecule has 0 bridgehead atoms. The average Bonchev–Trinajstić information content (AvgIpc) is 2.95. The zero-order valence-electron chi connectivity index (χ0n) is 9.49. The van der Waals surface area contributed by atoms with Crippen LogP contribution in [0.5, 0.6) is 11.5 Å².